The zero-order valence-electron chi connectivity index (χ0n) is 12.9. The molecule has 0 aliphatic carbocycles. The van der Waals surface area contributed by atoms with Crippen molar-refractivity contribution < 1.29 is 14.2 Å². The topological polar surface area (TPSA) is 29.5 Å². The van der Waals surface area contributed by atoms with Crippen LogP contribution in [0.1, 0.15) is 35.6 Å². The van der Waals surface area contributed by atoms with E-state index in [0.29, 0.717) is 17.5 Å². The zero-order chi connectivity index (χ0) is 15.6. The fourth-order valence-corrected chi connectivity index (χ4v) is 2.78. The fraction of sp³-hybridized carbons (Fsp3) is 0.333. The van der Waals surface area contributed by atoms with Crippen LogP contribution in [0.25, 0.3) is 0 Å². The molecule has 0 aromatic heterocycles. The molecule has 2 aromatic carbocycles. The van der Waals surface area contributed by atoms with E-state index in [1.54, 1.807) is 25.3 Å². The first kappa shape index (κ1) is 15.5. The number of hydrogen-bond acceptors (Lipinski definition) is 2. The second-order valence-electron chi connectivity index (χ2n) is 5.33. The maximum Gasteiger partial charge on any atom is 0.129 e. The minimum Gasteiger partial charge on any atom is -0.496 e. The monoisotopic (exact) mass is 288 g/mol. The highest BCUT2D eigenvalue weighted by molar-refractivity contribution is 5.48. The second kappa shape index (κ2) is 5.86. The van der Waals surface area contributed by atoms with Crippen molar-refractivity contribution >= 4 is 0 Å². The summed E-state index contributed by atoms with van der Waals surface area (Å²) in [6.45, 7) is 5.67. The first-order chi connectivity index (χ1) is 9.93. The van der Waals surface area contributed by atoms with Crippen LogP contribution in [0.15, 0.2) is 36.4 Å². The van der Waals surface area contributed by atoms with Crippen molar-refractivity contribution in [1.82, 2.24) is 0 Å². The third-order valence-corrected chi connectivity index (χ3v) is 4.02. The highest BCUT2D eigenvalue weighted by Gasteiger charge is 2.33. The largest absolute Gasteiger partial charge is 0.496 e. The van der Waals surface area contributed by atoms with Gasteiger partial charge in [0.2, 0.25) is 0 Å². The molecule has 0 saturated heterocycles. The van der Waals surface area contributed by atoms with Gasteiger partial charge in [0.15, 0.2) is 0 Å². The summed E-state index contributed by atoms with van der Waals surface area (Å²) in [4.78, 5) is 0. The summed E-state index contributed by atoms with van der Waals surface area (Å²) in [6.07, 6.45) is 0.389. The Morgan fingerprint density at radius 3 is 2.33 bits per heavy atom. The first-order valence-electron chi connectivity index (χ1n) is 7.07. The van der Waals surface area contributed by atoms with Gasteiger partial charge in [-0.2, -0.15) is 0 Å². The van der Waals surface area contributed by atoms with E-state index in [1.807, 2.05) is 32.9 Å². The lowest BCUT2D eigenvalue weighted by atomic mass is 9.81. The van der Waals surface area contributed by atoms with Crippen LogP contribution in [0.5, 0.6) is 5.75 Å². The molecular weight excluding hydrogens is 267 g/mol. The van der Waals surface area contributed by atoms with E-state index in [2.05, 4.69) is 0 Å². The maximum atomic E-state index is 14.2. The molecule has 3 heteroatoms. The number of aliphatic hydroxyl groups is 1. The SMILES string of the molecule is CCC(O)(c1cc(C)c(OC)cc1C)c1ccccc1F. The molecule has 21 heavy (non-hydrogen) atoms. The molecule has 0 aliphatic rings. The number of methoxy groups -OCH3 is 1. The van der Waals surface area contributed by atoms with Gasteiger partial charge in [-0.05, 0) is 55.2 Å². The molecule has 0 amide bonds. The number of hydrogen-bond donors (Lipinski definition) is 1. The van der Waals surface area contributed by atoms with Gasteiger partial charge in [-0.1, -0.05) is 25.1 Å². The Morgan fingerprint density at radius 2 is 1.76 bits per heavy atom. The lowest BCUT2D eigenvalue weighted by Gasteiger charge is -2.30. The summed E-state index contributed by atoms with van der Waals surface area (Å²) in [5, 5.41) is 11.1. The smallest absolute Gasteiger partial charge is 0.129 e. The summed E-state index contributed by atoms with van der Waals surface area (Å²) in [6, 6.07) is 10.1. The van der Waals surface area contributed by atoms with Gasteiger partial charge < -0.3 is 9.84 Å². The van der Waals surface area contributed by atoms with E-state index < -0.39 is 11.4 Å². The molecule has 0 aliphatic heterocycles. The van der Waals surface area contributed by atoms with Gasteiger partial charge >= 0.3 is 0 Å². The summed E-state index contributed by atoms with van der Waals surface area (Å²) >= 11 is 0. The third kappa shape index (κ3) is 2.66. The predicted molar refractivity (Wildman–Crippen MR) is 82.2 cm³/mol. The number of ether oxygens (including phenoxy) is 1. The molecule has 0 saturated carbocycles. The van der Waals surface area contributed by atoms with Gasteiger partial charge in [0.1, 0.15) is 17.2 Å². The number of aryl methyl sites for hydroxylation is 2. The van der Waals surface area contributed by atoms with Crippen LogP contribution < -0.4 is 4.74 Å². The van der Waals surface area contributed by atoms with Crippen LogP contribution in [0, 0.1) is 19.7 Å². The molecule has 112 valence electrons. The predicted octanol–water partition coefficient (Wildman–Crippen LogP) is 4.10. The number of benzene rings is 2. The van der Waals surface area contributed by atoms with Crippen molar-refractivity contribution in [1.29, 1.82) is 0 Å². The molecule has 2 nitrogen and oxygen atoms in total. The first-order valence-corrected chi connectivity index (χ1v) is 7.07. The van der Waals surface area contributed by atoms with Crippen molar-refractivity contribution in [3.05, 3.63) is 64.5 Å². The molecule has 2 aromatic rings. The molecule has 0 fully saturated rings. The highest BCUT2D eigenvalue weighted by atomic mass is 19.1. The summed E-state index contributed by atoms with van der Waals surface area (Å²) in [7, 11) is 1.62. The summed E-state index contributed by atoms with van der Waals surface area (Å²) < 4.78 is 19.5. The minimum atomic E-state index is -1.34. The van der Waals surface area contributed by atoms with E-state index in [1.165, 1.54) is 6.07 Å². The number of halogens is 1. The van der Waals surface area contributed by atoms with Gasteiger partial charge in [-0.15, -0.1) is 0 Å². The van der Waals surface area contributed by atoms with Crippen LogP contribution in [-0.4, -0.2) is 12.2 Å². The third-order valence-electron chi connectivity index (χ3n) is 4.02. The Hall–Kier alpha value is -1.87. The van der Waals surface area contributed by atoms with E-state index in [9.17, 15) is 9.50 Å². The minimum absolute atomic E-state index is 0.306. The molecular formula is C18H21FO2. The molecule has 0 radical (unpaired) electrons. The molecule has 2 rings (SSSR count). The Balaban J connectivity index is 2.66. The molecule has 0 spiro atoms. The van der Waals surface area contributed by atoms with E-state index >= 15 is 0 Å². The molecule has 1 atom stereocenters. The Morgan fingerprint density at radius 1 is 1.10 bits per heavy atom. The lowest BCUT2D eigenvalue weighted by Crippen LogP contribution is -2.28. The van der Waals surface area contributed by atoms with E-state index in [4.69, 9.17) is 4.74 Å². The molecule has 1 N–H and O–H groups in total. The lowest BCUT2D eigenvalue weighted by molar-refractivity contribution is 0.0718. The average Bonchev–Trinajstić information content (AvgIpc) is 2.49. The highest BCUT2D eigenvalue weighted by Crippen LogP contribution is 2.38. The van der Waals surface area contributed by atoms with Gasteiger partial charge in [0.05, 0.1) is 7.11 Å². The van der Waals surface area contributed by atoms with Gasteiger partial charge in [-0.3, -0.25) is 0 Å². The van der Waals surface area contributed by atoms with Crippen molar-refractivity contribution in [2.75, 3.05) is 7.11 Å². The zero-order valence-corrected chi connectivity index (χ0v) is 12.9. The van der Waals surface area contributed by atoms with Crippen LogP contribution >= 0.6 is 0 Å². The second-order valence-corrected chi connectivity index (χ2v) is 5.33. The van der Waals surface area contributed by atoms with Crippen LogP contribution in [0.4, 0.5) is 4.39 Å². The standard InChI is InChI=1S/C18H21FO2/c1-5-18(20,14-8-6-7-9-16(14)19)15-10-13(3)17(21-4)11-12(15)2/h6-11,20H,5H2,1-4H3. The van der Waals surface area contributed by atoms with Crippen molar-refractivity contribution in [3.8, 4) is 5.75 Å². The summed E-state index contributed by atoms with van der Waals surface area (Å²) in [5.41, 5.74) is 1.48. The van der Waals surface area contributed by atoms with Crippen LogP contribution in [0.2, 0.25) is 0 Å². The van der Waals surface area contributed by atoms with Gasteiger partial charge in [-0.25, -0.2) is 4.39 Å². The van der Waals surface area contributed by atoms with Gasteiger partial charge in [0, 0.05) is 5.56 Å². The molecule has 0 heterocycles. The van der Waals surface area contributed by atoms with E-state index in [0.717, 1.165) is 16.9 Å². The normalized spacial score (nSPS) is 13.8. The van der Waals surface area contributed by atoms with Crippen LogP contribution in [-0.2, 0) is 5.60 Å². The fourth-order valence-electron chi connectivity index (χ4n) is 2.78. The van der Waals surface area contributed by atoms with Crippen molar-refractivity contribution in [2.45, 2.75) is 32.8 Å². The maximum absolute atomic E-state index is 14.2. The van der Waals surface area contributed by atoms with Crippen LogP contribution in [0.3, 0.4) is 0 Å². The van der Waals surface area contributed by atoms with Gasteiger partial charge in [0.25, 0.3) is 0 Å². The number of rotatable bonds is 4. The Kier molecular flexibility index (Phi) is 4.33. The molecule has 1 unspecified atom stereocenters. The Bertz CT molecular complexity index is 652. The average molecular weight is 288 g/mol. The quantitative estimate of drug-likeness (QED) is 0.918. The Labute approximate surface area is 125 Å². The van der Waals surface area contributed by atoms with Crippen molar-refractivity contribution in [3.63, 3.8) is 0 Å². The molecule has 0 bridgehead atoms. The van der Waals surface area contributed by atoms with Crippen molar-refractivity contribution in [2.24, 2.45) is 0 Å². The van der Waals surface area contributed by atoms with E-state index in [-0.39, 0.29) is 0 Å². The summed E-state index contributed by atoms with van der Waals surface area (Å²) in [5.74, 6) is 0.373.